The summed E-state index contributed by atoms with van der Waals surface area (Å²) < 4.78 is 27.0. The van der Waals surface area contributed by atoms with E-state index in [4.69, 9.17) is 0 Å². The van der Waals surface area contributed by atoms with E-state index in [0.29, 0.717) is 44.2 Å². The lowest BCUT2D eigenvalue weighted by atomic mass is 10.1. The van der Waals surface area contributed by atoms with Crippen molar-refractivity contribution in [3.05, 3.63) is 66.4 Å². The number of piperazine rings is 1. The first kappa shape index (κ1) is 22.2. The fraction of sp³-hybridized carbons (Fsp3) is 0.304. The molecular weight excluding hydrogens is 426 g/mol. The van der Waals surface area contributed by atoms with Gasteiger partial charge in [-0.05, 0) is 31.2 Å². The molecule has 0 unspecified atom stereocenters. The summed E-state index contributed by atoms with van der Waals surface area (Å²) in [6.07, 6.45) is 0. The number of amides is 2. The summed E-state index contributed by atoms with van der Waals surface area (Å²) >= 11 is 0. The van der Waals surface area contributed by atoms with Crippen molar-refractivity contribution in [2.24, 2.45) is 0 Å². The van der Waals surface area contributed by atoms with Crippen molar-refractivity contribution >= 4 is 32.6 Å². The number of aromatic nitrogens is 1. The number of carbonyl (C=O) groups is 1. The fourth-order valence-electron chi connectivity index (χ4n) is 3.84. The minimum Gasteiger partial charge on any atom is -0.337 e. The van der Waals surface area contributed by atoms with Crippen LogP contribution >= 0.6 is 0 Å². The molecule has 1 aliphatic heterocycles. The average molecular weight is 454 g/mol. The molecule has 0 spiro atoms. The molecule has 1 aliphatic rings. The molecule has 2 amide bonds. The van der Waals surface area contributed by atoms with E-state index >= 15 is 0 Å². The molecular formula is C23H27N5O3S. The number of pyridine rings is 1. The van der Waals surface area contributed by atoms with Gasteiger partial charge in [-0.3, -0.25) is 9.88 Å². The molecule has 1 aromatic heterocycles. The number of para-hydroxylation sites is 1. The van der Waals surface area contributed by atoms with Crippen LogP contribution in [0.3, 0.4) is 0 Å². The Hall–Kier alpha value is -3.01. The molecule has 0 atom stereocenters. The highest BCUT2D eigenvalue weighted by Crippen LogP contribution is 2.22. The van der Waals surface area contributed by atoms with Gasteiger partial charge in [0.2, 0.25) is 10.0 Å². The van der Waals surface area contributed by atoms with Gasteiger partial charge < -0.3 is 10.6 Å². The first-order valence-electron chi connectivity index (χ1n) is 10.6. The van der Waals surface area contributed by atoms with Crippen LogP contribution in [0.1, 0.15) is 5.69 Å². The highest BCUT2D eigenvalue weighted by Gasteiger charge is 2.28. The molecule has 1 saturated heterocycles. The van der Waals surface area contributed by atoms with Gasteiger partial charge in [0.25, 0.3) is 0 Å². The topological polar surface area (TPSA) is 94.6 Å². The van der Waals surface area contributed by atoms with Crippen LogP contribution in [0, 0.1) is 6.92 Å². The van der Waals surface area contributed by atoms with Gasteiger partial charge in [-0.2, -0.15) is 4.31 Å². The average Bonchev–Trinajstić information content (AvgIpc) is 2.80. The first-order chi connectivity index (χ1) is 15.4. The number of nitrogens with one attached hydrogen (secondary N) is 2. The smallest absolute Gasteiger partial charge is 0.319 e. The normalized spacial score (nSPS) is 15.5. The Labute approximate surface area is 188 Å². The molecule has 2 aromatic carbocycles. The molecule has 0 bridgehead atoms. The Morgan fingerprint density at radius 1 is 1.00 bits per heavy atom. The summed E-state index contributed by atoms with van der Waals surface area (Å²) in [5, 5.41) is 6.69. The van der Waals surface area contributed by atoms with Gasteiger partial charge in [-0.25, -0.2) is 13.2 Å². The molecule has 32 heavy (non-hydrogen) atoms. The van der Waals surface area contributed by atoms with E-state index in [1.54, 1.807) is 30.3 Å². The first-order valence-corrected chi connectivity index (χ1v) is 12.1. The Balaban J connectivity index is 1.25. The number of sulfonamides is 1. The van der Waals surface area contributed by atoms with Crippen molar-refractivity contribution in [2.45, 2.75) is 11.8 Å². The molecule has 0 aliphatic carbocycles. The van der Waals surface area contributed by atoms with Crippen LogP contribution in [-0.4, -0.2) is 67.9 Å². The summed E-state index contributed by atoms with van der Waals surface area (Å²) in [6.45, 7) is 5.15. The van der Waals surface area contributed by atoms with Crippen molar-refractivity contribution in [2.75, 3.05) is 44.6 Å². The van der Waals surface area contributed by atoms with Crippen molar-refractivity contribution in [3.63, 3.8) is 0 Å². The van der Waals surface area contributed by atoms with Crippen molar-refractivity contribution in [1.29, 1.82) is 0 Å². The van der Waals surface area contributed by atoms with Crippen LogP contribution in [-0.2, 0) is 10.0 Å². The third-order valence-corrected chi connectivity index (χ3v) is 7.43. The number of aryl methyl sites for hydroxylation is 1. The lowest BCUT2D eigenvalue weighted by Crippen LogP contribution is -2.50. The SMILES string of the molecule is Cc1cc(NC(=O)NCCN2CCN(S(=O)(=O)c3ccccc3)CC2)c2ccccc2n1. The summed E-state index contributed by atoms with van der Waals surface area (Å²) in [5.74, 6) is 0. The predicted octanol–water partition coefficient (Wildman–Crippen LogP) is 2.67. The largest absolute Gasteiger partial charge is 0.337 e. The van der Waals surface area contributed by atoms with Crippen LogP contribution in [0.15, 0.2) is 65.6 Å². The second kappa shape index (κ2) is 9.64. The van der Waals surface area contributed by atoms with Crippen molar-refractivity contribution < 1.29 is 13.2 Å². The summed E-state index contributed by atoms with van der Waals surface area (Å²) in [6, 6.07) is 17.8. The Kier molecular flexibility index (Phi) is 6.69. The maximum Gasteiger partial charge on any atom is 0.319 e. The van der Waals surface area contributed by atoms with Crippen LogP contribution in [0.2, 0.25) is 0 Å². The predicted molar refractivity (Wildman–Crippen MR) is 125 cm³/mol. The molecule has 0 radical (unpaired) electrons. The van der Waals surface area contributed by atoms with Gasteiger partial charge in [0.1, 0.15) is 0 Å². The molecule has 3 aromatic rings. The van der Waals surface area contributed by atoms with Gasteiger partial charge in [0, 0.05) is 50.3 Å². The van der Waals surface area contributed by atoms with Crippen LogP contribution in [0.25, 0.3) is 10.9 Å². The molecule has 0 saturated carbocycles. The van der Waals surface area contributed by atoms with Crippen LogP contribution in [0.5, 0.6) is 0 Å². The quantitative estimate of drug-likeness (QED) is 0.598. The number of rotatable bonds is 6. The number of fused-ring (bicyclic) bond motifs is 1. The van der Waals surface area contributed by atoms with Gasteiger partial charge >= 0.3 is 6.03 Å². The van der Waals surface area contributed by atoms with E-state index in [9.17, 15) is 13.2 Å². The summed E-state index contributed by atoms with van der Waals surface area (Å²) in [4.78, 5) is 19.4. The third kappa shape index (κ3) is 5.07. The van der Waals surface area contributed by atoms with E-state index < -0.39 is 10.0 Å². The highest BCUT2D eigenvalue weighted by atomic mass is 32.2. The molecule has 9 heteroatoms. The van der Waals surface area contributed by atoms with Crippen molar-refractivity contribution in [1.82, 2.24) is 19.5 Å². The maximum atomic E-state index is 12.7. The van der Waals surface area contributed by atoms with E-state index in [1.165, 1.54) is 4.31 Å². The number of urea groups is 1. The number of nitrogens with zero attached hydrogens (tertiary/aromatic N) is 3. The van der Waals surface area contributed by atoms with Gasteiger partial charge in [-0.15, -0.1) is 0 Å². The van der Waals surface area contributed by atoms with Crippen LogP contribution < -0.4 is 10.6 Å². The summed E-state index contributed by atoms with van der Waals surface area (Å²) in [5.41, 5.74) is 2.40. The standard InChI is InChI=1S/C23H27N5O3S/c1-18-17-22(20-9-5-6-10-21(20)25-18)26-23(29)24-11-12-27-13-15-28(16-14-27)32(30,31)19-7-3-2-4-8-19/h2-10,17H,11-16H2,1H3,(H2,24,25,26,29). The molecule has 168 valence electrons. The Morgan fingerprint density at radius 3 is 2.44 bits per heavy atom. The van der Waals surface area contributed by atoms with E-state index in [0.717, 1.165) is 22.3 Å². The minimum absolute atomic E-state index is 0.272. The number of hydrogen-bond acceptors (Lipinski definition) is 5. The maximum absolute atomic E-state index is 12.7. The van der Waals surface area contributed by atoms with Gasteiger partial charge in [0.05, 0.1) is 16.1 Å². The highest BCUT2D eigenvalue weighted by molar-refractivity contribution is 7.89. The zero-order chi connectivity index (χ0) is 22.6. The van der Waals surface area contributed by atoms with Gasteiger partial charge in [0.15, 0.2) is 0 Å². The van der Waals surface area contributed by atoms with Gasteiger partial charge in [-0.1, -0.05) is 36.4 Å². The Bertz CT molecular complexity index is 1190. The monoisotopic (exact) mass is 453 g/mol. The second-order valence-corrected chi connectivity index (χ2v) is 9.71. The zero-order valence-corrected chi connectivity index (χ0v) is 18.8. The number of anilines is 1. The molecule has 8 nitrogen and oxygen atoms in total. The van der Waals surface area contributed by atoms with Crippen molar-refractivity contribution in [3.8, 4) is 0 Å². The lowest BCUT2D eigenvalue weighted by Gasteiger charge is -2.33. The lowest BCUT2D eigenvalue weighted by molar-refractivity contribution is 0.189. The summed E-state index contributed by atoms with van der Waals surface area (Å²) in [7, 11) is -3.45. The zero-order valence-electron chi connectivity index (χ0n) is 18.0. The minimum atomic E-state index is -3.45. The number of benzene rings is 2. The van der Waals surface area contributed by atoms with E-state index in [-0.39, 0.29) is 6.03 Å². The second-order valence-electron chi connectivity index (χ2n) is 7.77. The number of hydrogen-bond donors (Lipinski definition) is 2. The molecule has 2 heterocycles. The van der Waals surface area contributed by atoms with E-state index in [2.05, 4.69) is 20.5 Å². The fourth-order valence-corrected chi connectivity index (χ4v) is 5.28. The third-order valence-electron chi connectivity index (χ3n) is 5.52. The van der Waals surface area contributed by atoms with E-state index in [1.807, 2.05) is 37.3 Å². The molecule has 4 rings (SSSR count). The number of carbonyl (C=O) groups excluding carboxylic acids is 1. The van der Waals surface area contributed by atoms with Crippen LogP contribution in [0.4, 0.5) is 10.5 Å². The molecule has 2 N–H and O–H groups in total. The Morgan fingerprint density at radius 2 is 1.69 bits per heavy atom. The molecule has 1 fully saturated rings.